The zero-order valence-corrected chi connectivity index (χ0v) is 15.3. The van der Waals surface area contributed by atoms with Crippen LogP contribution in [0.15, 0.2) is 42.5 Å². The molecule has 1 amide bonds. The molecule has 4 rings (SSSR count). The maximum Gasteiger partial charge on any atom is 0.231 e. The second-order valence-electron chi connectivity index (χ2n) is 6.61. The molecule has 2 aromatic carbocycles. The summed E-state index contributed by atoms with van der Waals surface area (Å²) in [5.41, 5.74) is 4.43. The maximum absolute atomic E-state index is 12.4. The molecule has 0 aliphatic carbocycles. The molecule has 1 N–H and O–H groups in total. The molecule has 5 heteroatoms. The summed E-state index contributed by atoms with van der Waals surface area (Å²) in [5, 5.41) is 4.03. The van der Waals surface area contributed by atoms with E-state index in [1.807, 2.05) is 12.1 Å². The summed E-state index contributed by atoms with van der Waals surface area (Å²) in [6.45, 7) is 5.69. The summed E-state index contributed by atoms with van der Waals surface area (Å²) in [7, 11) is 0. The number of thiazole rings is 1. The zero-order valence-electron chi connectivity index (χ0n) is 14.5. The van der Waals surface area contributed by atoms with E-state index in [0.29, 0.717) is 0 Å². The number of nitrogens with zero attached hydrogens (tertiary/aromatic N) is 2. The van der Waals surface area contributed by atoms with Gasteiger partial charge in [-0.05, 0) is 48.7 Å². The third-order valence-corrected chi connectivity index (χ3v) is 5.76. The van der Waals surface area contributed by atoms with E-state index in [2.05, 4.69) is 59.4 Å². The van der Waals surface area contributed by atoms with Gasteiger partial charge in [0.1, 0.15) is 0 Å². The maximum atomic E-state index is 12.4. The van der Waals surface area contributed by atoms with Gasteiger partial charge in [-0.3, -0.25) is 4.79 Å². The van der Waals surface area contributed by atoms with Gasteiger partial charge >= 0.3 is 0 Å². The van der Waals surface area contributed by atoms with Gasteiger partial charge in [0.05, 0.1) is 16.1 Å². The van der Waals surface area contributed by atoms with Crippen molar-refractivity contribution in [3.8, 4) is 0 Å². The van der Waals surface area contributed by atoms with Crippen LogP contribution in [-0.4, -0.2) is 24.0 Å². The lowest BCUT2D eigenvalue weighted by Crippen LogP contribution is -2.52. The third kappa shape index (κ3) is 3.24. The Kier molecular flexibility index (Phi) is 4.17. The van der Waals surface area contributed by atoms with E-state index in [0.717, 1.165) is 35.8 Å². The Bertz CT molecular complexity index is 910. The van der Waals surface area contributed by atoms with Crippen molar-refractivity contribution in [2.75, 3.05) is 23.3 Å². The van der Waals surface area contributed by atoms with Gasteiger partial charge in [-0.1, -0.05) is 36.5 Å². The molecule has 4 nitrogen and oxygen atoms in total. The summed E-state index contributed by atoms with van der Waals surface area (Å²) in [4.78, 5) is 19.3. The number of carbonyl (C=O) groups is 1. The topological polar surface area (TPSA) is 45.2 Å². The molecule has 2 heterocycles. The van der Waals surface area contributed by atoms with Crippen molar-refractivity contribution in [3.05, 3.63) is 53.6 Å². The molecule has 3 aromatic rings. The second kappa shape index (κ2) is 6.48. The van der Waals surface area contributed by atoms with Crippen LogP contribution in [0, 0.1) is 12.8 Å². The van der Waals surface area contributed by atoms with Crippen LogP contribution >= 0.6 is 11.3 Å². The van der Waals surface area contributed by atoms with Gasteiger partial charge < -0.3 is 10.2 Å². The van der Waals surface area contributed by atoms with Crippen LogP contribution in [0.5, 0.6) is 0 Å². The first-order chi connectivity index (χ1) is 12.1. The lowest BCUT2D eigenvalue weighted by Gasteiger charge is -2.37. The van der Waals surface area contributed by atoms with Crippen LogP contribution in [0.1, 0.15) is 18.1 Å². The fourth-order valence-electron chi connectivity index (χ4n) is 3.02. The molecule has 1 aliphatic heterocycles. The number of aromatic nitrogens is 1. The third-order valence-electron chi connectivity index (χ3n) is 4.69. The van der Waals surface area contributed by atoms with Crippen LogP contribution in [0.4, 0.5) is 10.8 Å². The molecule has 1 saturated heterocycles. The standard InChI is InChI=1S/C20H21N3OS/c1-3-14-5-7-16(8-6-14)21-19(24)15-11-23(12-15)20-22-17-9-4-13(2)10-18(17)25-20/h4-10,15H,3,11-12H2,1-2H3,(H,21,24). The van der Waals surface area contributed by atoms with Crippen molar-refractivity contribution in [2.24, 2.45) is 5.92 Å². The van der Waals surface area contributed by atoms with Crippen molar-refractivity contribution in [1.29, 1.82) is 0 Å². The molecule has 1 aliphatic rings. The van der Waals surface area contributed by atoms with Gasteiger partial charge in [-0.15, -0.1) is 0 Å². The SMILES string of the molecule is CCc1ccc(NC(=O)C2CN(c3nc4ccc(C)cc4s3)C2)cc1. The Hall–Kier alpha value is -2.40. The van der Waals surface area contributed by atoms with Gasteiger partial charge in [-0.25, -0.2) is 4.98 Å². The molecule has 0 unspecified atom stereocenters. The Labute approximate surface area is 151 Å². The first kappa shape index (κ1) is 16.1. The van der Waals surface area contributed by atoms with Crippen molar-refractivity contribution in [2.45, 2.75) is 20.3 Å². The van der Waals surface area contributed by atoms with Gasteiger partial charge in [0.15, 0.2) is 5.13 Å². The van der Waals surface area contributed by atoms with Gasteiger partial charge in [0.25, 0.3) is 0 Å². The number of nitrogens with one attached hydrogen (secondary N) is 1. The summed E-state index contributed by atoms with van der Waals surface area (Å²) in [6.07, 6.45) is 1.01. The van der Waals surface area contributed by atoms with Crippen molar-refractivity contribution < 1.29 is 4.79 Å². The average molecular weight is 351 g/mol. The van der Waals surface area contributed by atoms with Crippen molar-refractivity contribution in [3.63, 3.8) is 0 Å². The minimum Gasteiger partial charge on any atom is -0.346 e. The molecule has 25 heavy (non-hydrogen) atoms. The number of rotatable bonds is 4. The summed E-state index contributed by atoms with van der Waals surface area (Å²) in [6, 6.07) is 14.4. The summed E-state index contributed by atoms with van der Waals surface area (Å²) >= 11 is 1.70. The predicted octanol–water partition coefficient (Wildman–Crippen LogP) is 4.24. The Balaban J connectivity index is 1.37. The highest BCUT2D eigenvalue weighted by Crippen LogP contribution is 2.33. The number of carbonyl (C=O) groups excluding carboxylic acids is 1. The van der Waals surface area contributed by atoms with Gasteiger partial charge in [-0.2, -0.15) is 0 Å². The molecule has 1 fully saturated rings. The number of amides is 1. The molecule has 0 saturated carbocycles. The van der Waals surface area contributed by atoms with Crippen LogP contribution in [0.3, 0.4) is 0 Å². The highest BCUT2D eigenvalue weighted by Gasteiger charge is 2.34. The molecular formula is C20H21N3OS. The van der Waals surface area contributed by atoms with Crippen LogP contribution < -0.4 is 10.2 Å². The minimum atomic E-state index is 0.0274. The van der Waals surface area contributed by atoms with E-state index in [9.17, 15) is 4.79 Å². The molecule has 0 atom stereocenters. The normalized spacial score (nSPS) is 14.6. The lowest BCUT2D eigenvalue weighted by molar-refractivity contribution is -0.120. The Morgan fingerprint density at radius 3 is 2.72 bits per heavy atom. The van der Waals surface area contributed by atoms with Crippen LogP contribution in [0.2, 0.25) is 0 Å². The predicted molar refractivity (Wildman–Crippen MR) is 105 cm³/mol. The number of fused-ring (bicyclic) bond motifs is 1. The quantitative estimate of drug-likeness (QED) is 0.764. The monoisotopic (exact) mass is 351 g/mol. The molecule has 0 radical (unpaired) electrons. The zero-order chi connectivity index (χ0) is 17.4. The number of aryl methyl sites for hydroxylation is 2. The number of hydrogen-bond acceptors (Lipinski definition) is 4. The second-order valence-corrected chi connectivity index (χ2v) is 7.62. The highest BCUT2D eigenvalue weighted by atomic mass is 32.1. The van der Waals surface area contributed by atoms with Crippen LogP contribution in [-0.2, 0) is 11.2 Å². The summed E-state index contributed by atoms with van der Waals surface area (Å²) < 4.78 is 1.21. The first-order valence-corrected chi connectivity index (χ1v) is 9.46. The first-order valence-electron chi connectivity index (χ1n) is 8.64. The van der Waals surface area contributed by atoms with E-state index in [1.54, 1.807) is 11.3 Å². The van der Waals surface area contributed by atoms with Crippen molar-refractivity contribution in [1.82, 2.24) is 4.98 Å². The van der Waals surface area contributed by atoms with Crippen molar-refractivity contribution >= 4 is 38.3 Å². The largest absolute Gasteiger partial charge is 0.346 e. The van der Waals surface area contributed by atoms with Gasteiger partial charge in [0, 0.05) is 18.8 Å². The lowest BCUT2D eigenvalue weighted by atomic mass is 10.00. The van der Waals surface area contributed by atoms with E-state index in [1.165, 1.54) is 15.8 Å². The molecular weight excluding hydrogens is 330 g/mol. The minimum absolute atomic E-state index is 0.0274. The van der Waals surface area contributed by atoms with E-state index < -0.39 is 0 Å². The van der Waals surface area contributed by atoms with E-state index >= 15 is 0 Å². The number of hydrogen-bond donors (Lipinski definition) is 1. The highest BCUT2D eigenvalue weighted by molar-refractivity contribution is 7.22. The molecule has 1 aromatic heterocycles. The molecule has 0 spiro atoms. The molecule has 128 valence electrons. The van der Waals surface area contributed by atoms with E-state index in [-0.39, 0.29) is 11.8 Å². The fourth-order valence-corrected chi connectivity index (χ4v) is 4.11. The van der Waals surface area contributed by atoms with Crippen LogP contribution in [0.25, 0.3) is 10.2 Å². The Morgan fingerprint density at radius 1 is 1.24 bits per heavy atom. The average Bonchev–Trinajstić information content (AvgIpc) is 2.96. The van der Waals surface area contributed by atoms with Gasteiger partial charge in [0.2, 0.25) is 5.91 Å². The molecule has 0 bridgehead atoms. The fraction of sp³-hybridized carbons (Fsp3) is 0.300. The number of anilines is 2. The van der Waals surface area contributed by atoms with E-state index in [4.69, 9.17) is 0 Å². The Morgan fingerprint density at radius 2 is 2.00 bits per heavy atom. The smallest absolute Gasteiger partial charge is 0.231 e. The number of benzene rings is 2. The summed E-state index contributed by atoms with van der Waals surface area (Å²) in [5.74, 6) is 0.122.